The van der Waals surface area contributed by atoms with Crippen LogP contribution >= 0.6 is 0 Å². The molecule has 160 valence electrons. The molecule has 1 N–H and O–H groups in total. The van der Waals surface area contributed by atoms with Gasteiger partial charge in [0.15, 0.2) is 0 Å². The molecular weight excluding hydrogens is 374 g/mol. The van der Waals surface area contributed by atoms with E-state index in [0.29, 0.717) is 25.0 Å². The highest BCUT2D eigenvalue weighted by Crippen LogP contribution is 2.45. The SMILES string of the molecule is CCC(=O)Nc1ccc(CCOC(=O)c2ccc3c(c2)C(C)(C)CCC3(C)C)cc1. The molecule has 4 heteroatoms. The minimum atomic E-state index is -0.274. The van der Waals surface area contributed by atoms with Gasteiger partial charge in [-0.1, -0.05) is 52.8 Å². The Morgan fingerprint density at radius 2 is 1.57 bits per heavy atom. The van der Waals surface area contributed by atoms with Crippen LogP contribution in [0.5, 0.6) is 0 Å². The van der Waals surface area contributed by atoms with E-state index in [-0.39, 0.29) is 22.7 Å². The predicted octanol–water partition coefficient (Wildman–Crippen LogP) is 5.78. The number of rotatable bonds is 6. The van der Waals surface area contributed by atoms with Crippen molar-refractivity contribution in [1.29, 1.82) is 0 Å². The van der Waals surface area contributed by atoms with Crippen LogP contribution < -0.4 is 5.32 Å². The molecule has 1 aliphatic carbocycles. The summed E-state index contributed by atoms with van der Waals surface area (Å²) in [6, 6.07) is 13.7. The van der Waals surface area contributed by atoms with E-state index < -0.39 is 0 Å². The Morgan fingerprint density at radius 3 is 2.20 bits per heavy atom. The lowest BCUT2D eigenvalue weighted by Crippen LogP contribution is -2.34. The standard InChI is InChI=1S/C26H33NO3/c1-6-23(28)27-20-10-7-18(8-11-20)13-16-30-24(29)19-9-12-21-22(17-19)26(4,5)15-14-25(21,2)3/h7-12,17H,6,13-16H2,1-5H3,(H,27,28). The van der Waals surface area contributed by atoms with Gasteiger partial charge in [-0.25, -0.2) is 4.79 Å². The Bertz CT molecular complexity index is 926. The quantitative estimate of drug-likeness (QED) is 0.617. The third-order valence-corrected chi connectivity index (χ3v) is 6.27. The maximum absolute atomic E-state index is 12.6. The first-order valence-corrected chi connectivity index (χ1v) is 10.8. The first-order chi connectivity index (χ1) is 14.1. The van der Waals surface area contributed by atoms with Crippen molar-refractivity contribution in [1.82, 2.24) is 0 Å². The van der Waals surface area contributed by atoms with Crippen LogP contribution in [0.15, 0.2) is 42.5 Å². The van der Waals surface area contributed by atoms with Crippen molar-refractivity contribution >= 4 is 17.6 Å². The van der Waals surface area contributed by atoms with Crippen LogP contribution in [0.4, 0.5) is 5.69 Å². The summed E-state index contributed by atoms with van der Waals surface area (Å²) in [7, 11) is 0. The largest absolute Gasteiger partial charge is 0.462 e. The molecule has 0 heterocycles. The van der Waals surface area contributed by atoms with E-state index in [0.717, 1.165) is 24.1 Å². The predicted molar refractivity (Wildman–Crippen MR) is 121 cm³/mol. The molecule has 0 fully saturated rings. The van der Waals surface area contributed by atoms with Crippen molar-refractivity contribution in [2.45, 2.75) is 71.1 Å². The van der Waals surface area contributed by atoms with E-state index in [1.165, 1.54) is 11.1 Å². The highest BCUT2D eigenvalue weighted by Gasteiger charge is 2.37. The lowest BCUT2D eigenvalue weighted by Gasteiger charge is -2.41. The summed E-state index contributed by atoms with van der Waals surface area (Å²) in [6.07, 6.45) is 3.35. The second-order valence-electron chi connectivity index (χ2n) is 9.51. The van der Waals surface area contributed by atoms with Gasteiger partial charge in [0.2, 0.25) is 5.91 Å². The number of fused-ring (bicyclic) bond motifs is 1. The monoisotopic (exact) mass is 407 g/mol. The van der Waals surface area contributed by atoms with Crippen LogP contribution in [0, 0.1) is 0 Å². The number of esters is 1. The van der Waals surface area contributed by atoms with Gasteiger partial charge < -0.3 is 10.1 Å². The van der Waals surface area contributed by atoms with Gasteiger partial charge in [0.1, 0.15) is 0 Å². The molecule has 1 aliphatic rings. The van der Waals surface area contributed by atoms with Crippen molar-refractivity contribution in [3.05, 3.63) is 64.7 Å². The number of nitrogens with one attached hydrogen (secondary N) is 1. The Hall–Kier alpha value is -2.62. The summed E-state index contributed by atoms with van der Waals surface area (Å²) in [4.78, 5) is 24.1. The molecule has 0 bridgehead atoms. The van der Waals surface area contributed by atoms with Crippen LogP contribution in [0.25, 0.3) is 0 Å². The minimum Gasteiger partial charge on any atom is -0.462 e. The molecule has 0 unspecified atom stereocenters. The van der Waals surface area contributed by atoms with Gasteiger partial charge in [-0.3, -0.25) is 4.79 Å². The summed E-state index contributed by atoms with van der Waals surface area (Å²) in [5.41, 5.74) is 5.26. The molecule has 2 aromatic rings. The van der Waals surface area contributed by atoms with Crippen molar-refractivity contribution in [3.63, 3.8) is 0 Å². The molecular formula is C26H33NO3. The summed E-state index contributed by atoms with van der Waals surface area (Å²) in [5, 5.41) is 2.83. The number of anilines is 1. The van der Waals surface area contributed by atoms with Crippen molar-refractivity contribution in [2.75, 3.05) is 11.9 Å². The molecule has 0 radical (unpaired) electrons. The number of hydrogen-bond acceptors (Lipinski definition) is 3. The average Bonchev–Trinajstić information content (AvgIpc) is 2.72. The molecule has 1 amide bonds. The molecule has 0 aliphatic heterocycles. The Morgan fingerprint density at radius 1 is 0.933 bits per heavy atom. The molecule has 0 saturated carbocycles. The van der Waals surface area contributed by atoms with Crippen LogP contribution in [0.1, 0.15) is 80.9 Å². The maximum Gasteiger partial charge on any atom is 0.338 e. The number of carbonyl (C=O) groups is 2. The number of benzene rings is 2. The molecule has 4 nitrogen and oxygen atoms in total. The zero-order valence-electron chi connectivity index (χ0n) is 18.8. The highest BCUT2D eigenvalue weighted by molar-refractivity contribution is 5.90. The smallest absolute Gasteiger partial charge is 0.338 e. The first-order valence-electron chi connectivity index (χ1n) is 10.8. The van der Waals surface area contributed by atoms with E-state index in [1.807, 2.05) is 43.3 Å². The van der Waals surface area contributed by atoms with Crippen molar-refractivity contribution in [2.24, 2.45) is 0 Å². The zero-order chi connectivity index (χ0) is 21.9. The topological polar surface area (TPSA) is 55.4 Å². The molecule has 3 rings (SSSR count). The number of carbonyl (C=O) groups excluding carboxylic acids is 2. The van der Waals surface area contributed by atoms with Gasteiger partial charge in [0.05, 0.1) is 12.2 Å². The Kier molecular flexibility index (Phi) is 6.35. The summed E-state index contributed by atoms with van der Waals surface area (Å²) in [6.45, 7) is 11.2. The average molecular weight is 408 g/mol. The highest BCUT2D eigenvalue weighted by atomic mass is 16.5. The fourth-order valence-corrected chi connectivity index (χ4v) is 4.06. The number of amides is 1. The van der Waals surface area contributed by atoms with E-state index in [9.17, 15) is 9.59 Å². The van der Waals surface area contributed by atoms with Gasteiger partial charge >= 0.3 is 5.97 Å². The van der Waals surface area contributed by atoms with E-state index in [1.54, 1.807) is 0 Å². The molecule has 0 saturated heterocycles. The zero-order valence-corrected chi connectivity index (χ0v) is 18.8. The summed E-state index contributed by atoms with van der Waals surface area (Å²) < 4.78 is 5.55. The van der Waals surface area contributed by atoms with Gasteiger partial charge in [0.25, 0.3) is 0 Å². The van der Waals surface area contributed by atoms with Gasteiger partial charge in [-0.05, 0) is 64.6 Å². The van der Waals surface area contributed by atoms with E-state index in [4.69, 9.17) is 4.74 Å². The van der Waals surface area contributed by atoms with Crippen LogP contribution in [-0.2, 0) is 26.8 Å². The van der Waals surface area contributed by atoms with E-state index >= 15 is 0 Å². The molecule has 2 aromatic carbocycles. The lowest BCUT2D eigenvalue weighted by molar-refractivity contribution is -0.115. The number of hydrogen-bond donors (Lipinski definition) is 1. The Labute approximate surface area is 180 Å². The lowest BCUT2D eigenvalue weighted by atomic mass is 9.63. The van der Waals surface area contributed by atoms with E-state index in [2.05, 4.69) is 39.1 Å². The third-order valence-electron chi connectivity index (χ3n) is 6.27. The third kappa shape index (κ3) is 4.92. The fraction of sp³-hybridized carbons (Fsp3) is 0.462. The summed E-state index contributed by atoms with van der Waals surface area (Å²) >= 11 is 0. The number of ether oxygens (including phenoxy) is 1. The molecule has 0 spiro atoms. The maximum atomic E-state index is 12.6. The Balaban J connectivity index is 1.61. The van der Waals surface area contributed by atoms with Crippen molar-refractivity contribution in [3.8, 4) is 0 Å². The second kappa shape index (κ2) is 8.63. The molecule has 0 atom stereocenters. The van der Waals surface area contributed by atoms with Gasteiger partial charge in [-0.2, -0.15) is 0 Å². The minimum absolute atomic E-state index is 0.00621. The van der Waals surface area contributed by atoms with Gasteiger partial charge in [0, 0.05) is 18.5 Å². The molecule has 0 aromatic heterocycles. The van der Waals surface area contributed by atoms with Crippen LogP contribution in [-0.4, -0.2) is 18.5 Å². The summed E-state index contributed by atoms with van der Waals surface area (Å²) in [5.74, 6) is -0.280. The van der Waals surface area contributed by atoms with Crippen LogP contribution in [0.2, 0.25) is 0 Å². The van der Waals surface area contributed by atoms with Crippen molar-refractivity contribution < 1.29 is 14.3 Å². The first kappa shape index (κ1) is 22.1. The van der Waals surface area contributed by atoms with Crippen LogP contribution in [0.3, 0.4) is 0 Å². The normalized spacial score (nSPS) is 16.4. The fourth-order valence-electron chi connectivity index (χ4n) is 4.06. The second-order valence-corrected chi connectivity index (χ2v) is 9.51. The van der Waals surface area contributed by atoms with Gasteiger partial charge in [-0.15, -0.1) is 0 Å². The molecule has 30 heavy (non-hydrogen) atoms.